The number of hydrogen-bond acceptors (Lipinski definition) is 3. The quantitative estimate of drug-likeness (QED) is 0.834. The highest BCUT2D eigenvalue weighted by atomic mass is 16.3. The molecule has 0 aromatic heterocycles. The van der Waals surface area contributed by atoms with Crippen molar-refractivity contribution in [2.45, 2.75) is 38.8 Å². The molecule has 18 heavy (non-hydrogen) atoms. The number of anilines is 1. The van der Waals surface area contributed by atoms with Crippen molar-refractivity contribution in [2.75, 3.05) is 24.6 Å². The Morgan fingerprint density at radius 3 is 2.83 bits per heavy atom. The molecule has 2 atom stereocenters. The maximum atomic E-state index is 9.62. The van der Waals surface area contributed by atoms with Crippen molar-refractivity contribution < 1.29 is 5.11 Å². The molecule has 0 amide bonds. The van der Waals surface area contributed by atoms with Crippen LogP contribution in [0.2, 0.25) is 0 Å². The average molecular weight is 248 g/mol. The van der Waals surface area contributed by atoms with E-state index >= 15 is 0 Å². The number of likely N-dealkylation sites (N-methyl/N-ethyl adjacent to an activating group) is 1. The molecule has 0 fully saturated rings. The summed E-state index contributed by atoms with van der Waals surface area (Å²) in [5.41, 5.74) is 2.50. The summed E-state index contributed by atoms with van der Waals surface area (Å²) in [5, 5.41) is 13.0. The number of rotatable bonds is 5. The SMILES string of the molecule is CCNC(C)(CO)CN1c2ccccc2CC1C. The van der Waals surface area contributed by atoms with Crippen LogP contribution < -0.4 is 10.2 Å². The molecule has 0 saturated heterocycles. The summed E-state index contributed by atoms with van der Waals surface area (Å²) in [4.78, 5) is 2.41. The second kappa shape index (κ2) is 5.29. The zero-order valence-corrected chi connectivity index (χ0v) is 11.6. The molecule has 1 aliphatic heterocycles. The maximum Gasteiger partial charge on any atom is 0.0627 e. The average Bonchev–Trinajstić information content (AvgIpc) is 2.66. The second-order valence-corrected chi connectivity index (χ2v) is 5.56. The fourth-order valence-corrected chi connectivity index (χ4v) is 2.84. The molecule has 0 aliphatic carbocycles. The normalized spacial score (nSPS) is 21.8. The Kier molecular flexibility index (Phi) is 3.93. The molecular weight excluding hydrogens is 224 g/mol. The van der Waals surface area contributed by atoms with Crippen LogP contribution >= 0.6 is 0 Å². The first kappa shape index (κ1) is 13.4. The molecule has 0 spiro atoms. The molecule has 3 heteroatoms. The smallest absolute Gasteiger partial charge is 0.0627 e. The van der Waals surface area contributed by atoms with Gasteiger partial charge in [0.05, 0.1) is 12.1 Å². The van der Waals surface area contributed by atoms with Gasteiger partial charge in [-0.25, -0.2) is 0 Å². The Labute approximate surface area is 110 Å². The van der Waals surface area contributed by atoms with E-state index in [2.05, 4.69) is 55.3 Å². The maximum absolute atomic E-state index is 9.62. The monoisotopic (exact) mass is 248 g/mol. The summed E-state index contributed by atoms with van der Waals surface area (Å²) < 4.78 is 0. The van der Waals surface area contributed by atoms with Crippen molar-refractivity contribution in [1.82, 2.24) is 5.32 Å². The van der Waals surface area contributed by atoms with E-state index in [1.807, 2.05) is 0 Å². The van der Waals surface area contributed by atoms with Crippen LogP contribution in [0.4, 0.5) is 5.69 Å². The number of aliphatic hydroxyl groups is 1. The van der Waals surface area contributed by atoms with Gasteiger partial charge in [-0.15, -0.1) is 0 Å². The lowest BCUT2D eigenvalue weighted by Gasteiger charge is -2.36. The summed E-state index contributed by atoms with van der Waals surface area (Å²) in [6, 6.07) is 9.09. The third-order valence-electron chi connectivity index (χ3n) is 3.82. The minimum absolute atomic E-state index is 0.159. The van der Waals surface area contributed by atoms with Gasteiger partial charge in [0.15, 0.2) is 0 Å². The molecule has 2 rings (SSSR count). The van der Waals surface area contributed by atoms with Gasteiger partial charge in [0, 0.05) is 18.3 Å². The van der Waals surface area contributed by atoms with Gasteiger partial charge in [0.25, 0.3) is 0 Å². The lowest BCUT2D eigenvalue weighted by atomic mass is 10.0. The van der Waals surface area contributed by atoms with Crippen LogP contribution in [0.1, 0.15) is 26.3 Å². The van der Waals surface area contributed by atoms with Gasteiger partial charge in [-0.1, -0.05) is 25.1 Å². The zero-order chi connectivity index (χ0) is 13.2. The van der Waals surface area contributed by atoms with Crippen molar-refractivity contribution in [3.63, 3.8) is 0 Å². The largest absolute Gasteiger partial charge is 0.394 e. The number of nitrogens with zero attached hydrogens (tertiary/aromatic N) is 1. The second-order valence-electron chi connectivity index (χ2n) is 5.56. The van der Waals surface area contributed by atoms with Gasteiger partial charge < -0.3 is 15.3 Å². The van der Waals surface area contributed by atoms with Gasteiger partial charge in [0.1, 0.15) is 0 Å². The molecule has 0 radical (unpaired) electrons. The van der Waals surface area contributed by atoms with Gasteiger partial charge in [-0.05, 0) is 38.4 Å². The summed E-state index contributed by atoms with van der Waals surface area (Å²) in [6.45, 7) is 8.30. The Balaban J connectivity index is 2.18. The summed E-state index contributed by atoms with van der Waals surface area (Å²) in [5.74, 6) is 0. The molecule has 2 unspecified atom stereocenters. The molecular formula is C15H24N2O. The number of nitrogens with one attached hydrogen (secondary N) is 1. The van der Waals surface area contributed by atoms with Crippen molar-refractivity contribution in [3.05, 3.63) is 29.8 Å². The third kappa shape index (κ3) is 2.52. The predicted octanol–water partition coefficient (Wildman–Crippen LogP) is 1.80. The minimum atomic E-state index is -0.236. The fraction of sp³-hybridized carbons (Fsp3) is 0.600. The molecule has 1 aromatic carbocycles. The van der Waals surface area contributed by atoms with E-state index in [9.17, 15) is 5.11 Å². The molecule has 2 N–H and O–H groups in total. The van der Waals surface area contributed by atoms with Gasteiger partial charge in [0.2, 0.25) is 0 Å². The van der Waals surface area contributed by atoms with Crippen LogP contribution in [-0.2, 0) is 6.42 Å². The minimum Gasteiger partial charge on any atom is -0.394 e. The highest BCUT2D eigenvalue weighted by Crippen LogP contribution is 2.32. The van der Waals surface area contributed by atoms with Crippen molar-refractivity contribution in [2.24, 2.45) is 0 Å². The van der Waals surface area contributed by atoms with Crippen LogP contribution in [0.5, 0.6) is 0 Å². The lowest BCUT2D eigenvalue weighted by molar-refractivity contribution is 0.178. The molecule has 0 saturated carbocycles. The number of benzene rings is 1. The van der Waals surface area contributed by atoms with Crippen LogP contribution in [-0.4, -0.2) is 36.4 Å². The molecule has 3 nitrogen and oxygen atoms in total. The van der Waals surface area contributed by atoms with E-state index in [1.165, 1.54) is 11.3 Å². The van der Waals surface area contributed by atoms with Crippen LogP contribution in [0, 0.1) is 0 Å². The molecule has 100 valence electrons. The summed E-state index contributed by atoms with van der Waals surface area (Å²) in [6.07, 6.45) is 1.10. The Hall–Kier alpha value is -1.06. The molecule has 1 aromatic rings. The topological polar surface area (TPSA) is 35.5 Å². The van der Waals surface area contributed by atoms with Crippen molar-refractivity contribution in [1.29, 1.82) is 0 Å². The predicted molar refractivity (Wildman–Crippen MR) is 76.1 cm³/mol. The highest BCUT2D eigenvalue weighted by Gasteiger charge is 2.32. The van der Waals surface area contributed by atoms with E-state index in [-0.39, 0.29) is 12.1 Å². The van der Waals surface area contributed by atoms with Gasteiger partial charge in [-0.3, -0.25) is 0 Å². The first-order valence-electron chi connectivity index (χ1n) is 6.80. The van der Waals surface area contributed by atoms with E-state index in [0.717, 1.165) is 19.5 Å². The van der Waals surface area contributed by atoms with E-state index in [1.54, 1.807) is 0 Å². The Morgan fingerprint density at radius 2 is 2.17 bits per heavy atom. The highest BCUT2D eigenvalue weighted by molar-refractivity contribution is 5.59. The Bertz CT molecular complexity index is 407. The lowest BCUT2D eigenvalue weighted by Crippen LogP contribution is -2.55. The molecule has 0 bridgehead atoms. The molecule has 1 aliphatic rings. The van der Waals surface area contributed by atoms with E-state index in [0.29, 0.717) is 6.04 Å². The van der Waals surface area contributed by atoms with Gasteiger partial charge in [-0.2, -0.15) is 0 Å². The third-order valence-corrected chi connectivity index (χ3v) is 3.82. The molecule has 1 heterocycles. The number of para-hydroxylation sites is 1. The first-order valence-corrected chi connectivity index (χ1v) is 6.80. The van der Waals surface area contributed by atoms with Gasteiger partial charge >= 0.3 is 0 Å². The summed E-state index contributed by atoms with van der Waals surface area (Å²) >= 11 is 0. The Morgan fingerprint density at radius 1 is 1.44 bits per heavy atom. The van der Waals surface area contributed by atoms with Crippen LogP contribution in [0.25, 0.3) is 0 Å². The zero-order valence-electron chi connectivity index (χ0n) is 11.6. The standard InChI is InChI=1S/C15H24N2O/c1-4-16-15(3,11-18)10-17-12(2)9-13-7-5-6-8-14(13)17/h5-8,12,16,18H,4,9-11H2,1-3H3. The van der Waals surface area contributed by atoms with Crippen LogP contribution in [0.3, 0.4) is 0 Å². The van der Waals surface area contributed by atoms with Crippen molar-refractivity contribution >= 4 is 5.69 Å². The van der Waals surface area contributed by atoms with E-state index < -0.39 is 0 Å². The van der Waals surface area contributed by atoms with E-state index in [4.69, 9.17) is 0 Å². The number of aliphatic hydroxyl groups excluding tert-OH is 1. The number of fused-ring (bicyclic) bond motifs is 1. The van der Waals surface area contributed by atoms with Crippen LogP contribution in [0.15, 0.2) is 24.3 Å². The fourth-order valence-electron chi connectivity index (χ4n) is 2.84. The summed E-state index contributed by atoms with van der Waals surface area (Å²) in [7, 11) is 0. The van der Waals surface area contributed by atoms with Crippen molar-refractivity contribution in [3.8, 4) is 0 Å². The first-order chi connectivity index (χ1) is 8.59. The number of hydrogen-bond donors (Lipinski definition) is 2.